The molecule has 3 rings (SSSR count). The zero-order valence-corrected chi connectivity index (χ0v) is 19.5. The number of amides is 2. The van der Waals surface area contributed by atoms with Gasteiger partial charge in [0.1, 0.15) is 11.6 Å². The summed E-state index contributed by atoms with van der Waals surface area (Å²) in [6.45, 7) is 6.25. The van der Waals surface area contributed by atoms with Gasteiger partial charge in [-0.05, 0) is 35.6 Å². The summed E-state index contributed by atoms with van der Waals surface area (Å²) in [5.74, 6) is 0.745. The van der Waals surface area contributed by atoms with Crippen molar-refractivity contribution >= 4 is 17.6 Å². The molecule has 2 amide bonds. The van der Waals surface area contributed by atoms with Gasteiger partial charge in [0.15, 0.2) is 0 Å². The van der Waals surface area contributed by atoms with Gasteiger partial charge >= 0.3 is 6.03 Å². The molecule has 7 nitrogen and oxygen atoms in total. The number of ether oxygens (including phenoxy) is 2. The molecule has 0 spiro atoms. The highest BCUT2D eigenvalue weighted by atomic mass is 35.5. The second-order valence-electron chi connectivity index (χ2n) is 8.27. The number of hydrogen-bond acceptors (Lipinski definition) is 5. The van der Waals surface area contributed by atoms with Crippen molar-refractivity contribution in [3.05, 3.63) is 57.9 Å². The number of fused-ring (bicyclic) bond motifs is 1. The zero-order chi connectivity index (χ0) is 23.1. The number of aromatic nitrogens is 2. The Bertz CT molecular complexity index is 928. The summed E-state index contributed by atoms with van der Waals surface area (Å²) in [7, 11) is 1.59. The molecule has 2 heterocycles. The fraction of sp³-hybridized carbons (Fsp3) is 0.522. The third-order valence-electron chi connectivity index (χ3n) is 5.23. The van der Waals surface area contributed by atoms with Crippen LogP contribution in [0.3, 0.4) is 0 Å². The van der Waals surface area contributed by atoms with Gasteiger partial charge in [-0.1, -0.05) is 31.5 Å². The van der Waals surface area contributed by atoms with Gasteiger partial charge < -0.3 is 19.7 Å². The lowest BCUT2D eigenvalue weighted by atomic mass is 10.1. The third kappa shape index (κ3) is 6.60. The molecule has 0 radical (unpaired) electrons. The van der Waals surface area contributed by atoms with Gasteiger partial charge in [-0.2, -0.15) is 0 Å². The summed E-state index contributed by atoms with van der Waals surface area (Å²) < 4.78 is 24.3. The van der Waals surface area contributed by atoms with Crippen molar-refractivity contribution in [2.24, 2.45) is 5.92 Å². The fourth-order valence-corrected chi connectivity index (χ4v) is 3.70. The monoisotopic (exact) mass is 464 g/mol. The Kier molecular flexibility index (Phi) is 8.78. The lowest BCUT2D eigenvalue weighted by Gasteiger charge is -2.30. The molecule has 1 aromatic heterocycles. The number of rotatable bonds is 9. The maximum atomic E-state index is 13.6. The minimum atomic E-state index is -0.509. The molecule has 1 aliphatic heterocycles. The maximum Gasteiger partial charge on any atom is 0.318 e. The first-order valence-electron chi connectivity index (χ1n) is 10.8. The van der Waals surface area contributed by atoms with E-state index in [4.69, 9.17) is 21.1 Å². The first-order valence-corrected chi connectivity index (χ1v) is 11.2. The Morgan fingerprint density at radius 1 is 1.34 bits per heavy atom. The smallest absolute Gasteiger partial charge is 0.318 e. The van der Waals surface area contributed by atoms with Crippen LogP contribution in [-0.2, 0) is 28.9 Å². The van der Waals surface area contributed by atoms with Crippen molar-refractivity contribution in [2.45, 2.75) is 39.3 Å². The molecule has 1 N–H and O–H groups in total. The molecule has 32 heavy (non-hydrogen) atoms. The molecule has 2 aromatic rings. The van der Waals surface area contributed by atoms with E-state index in [-0.39, 0.29) is 17.7 Å². The van der Waals surface area contributed by atoms with E-state index in [1.54, 1.807) is 18.1 Å². The van der Waals surface area contributed by atoms with E-state index in [2.05, 4.69) is 29.1 Å². The van der Waals surface area contributed by atoms with Crippen LogP contribution in [0.15, 0.2) is 24.4 Å². The van der Waals surface area contributed by atoms with Gasteiger partial charge in [0.2, 0.25) is 0 Å². The summed E-state index contributed by atoms with van der Waals surface area (Å²) in [4.78, 5) is 23.9. The molecule has 0 fully saturated rings. The first kappa shape index (κ1) is 24.4. The number of carbonyl (C=O) groups is 1. The average Bonchev–Trinajstić information content (AvgIpc) is 2.76. The van der Waals surface area contributed by atoms with Crippen molar-refractivity contribution in [3.8, 4) is 0 Å². The number of carbonyl (C=O) groups excluding carboxylic acids is 1. The number of urea groups is 1. The normalized spacial score (nSPS) is 14.4. The van der Waals surface area contributed by atoms with E-state index in [0.717, 1.165) is 23.5 Å². The molecule has 1 aliphatic rings. The van der Waals surface area contributed by atoms with E-state index >= 15 is 0 Å². The summed E-state index contributed by atoms with van der Waals surface area (Å²) in [6.07, 6.45) is 3.37. The summed E-state index contributed by atoms with van der Waals surface area (Å²) in [6, 6.07) is 3.68. The van der Waals surface area contributed by atoms with Gasteiger partial charge in [0, 0.05) is 26.3 Å². The fourth-order valence-electron chi connectivity index (χ4n) is 3.52. The van der Waals surface area contributed by atoms with Crippen molar-refractivity contribution in [3.63, 3.8) is 0 Å². The van der Waals surface area contributed by atoms with Crippen LogP contribution in [0.5, 0.6) is 0 Å². The molecule has 1 aromatic carbocycles. The van der Waals surface area contributed by atoms with E-state index in [9.17, 15) is 9.18 Å². The average molecular weight is 465 g/mol. The minimum absolute atomic E-state index is 0.0000720. The van der Waals surface area contributed by atoms with Crippen LogP contribution in [0.25, 0.3) is 0 Å². The lowest BCUT2D eigenvalue weighted by Crippen LogP contribution is -2.45. The minimum Gasteiger partial charge on any atom is -0.382 e. The first-order chi connectivity index (χ1) is 15.4. The maximum absolute atomic E-state index is 13.6. The predicted molar refractivity (Wildman–Crippen MR) is 120 cm³/mol. The standard InChI is InChI=1S/C23H30ClFN4O3/c1-15(2)10-22-26-12-17-6-7-29(13-20(17)27-22)23(30)28-21(14-32-9-8-31-3)16-4-5-19(25)18(24)11-16/h4-5,11-12,15,21H,6-10,13-14H2,1-3H3,(H,28,30)/t21-/m1/s1. The number of benzene rings is 1. The Morgan fingerprint density at radius 2 is 2.16 bits per heavy atom. The van der Waals surface area contributed by atoms with E-state index < -0.39 is 11.9 Å². The molecule has 0 bridgehead atoms. The molecule has 0 saturated carbocycles. The SMILES string of the molecule is COCCOC[C@@H](NC(=O)N1CCc2cnc(CC(C)C)nc2C1)c1ccc(F)c(Cl)c1. The van der Waals surface area contributed by atoms with Crippen LogP contribution < -0.4 is 5.32 Å². The van der Waals surface area contributed by atoms with Crippen LogP contribution in [-0.4, -0.2) is 54.4 Å². The van der Waals surface area contributed by atoms with Crippen LogP contribution in [0.4, 0.5) is 9.18 Å². The highest BCUT2D eigenvalue weighted by molar-refractivity contribution is 6.30. The largest absolute Gasteiger partial charge is 0.382 e. The molecule has 174 valence electrons. The molecular weight excluding hydrogens is 435 g/mol. The van der Waals surface area contributed by atoms with Gasteiger partial charge in [-0.25, -0.2) is 19.2 Å². The second-order valence-corrected chi connectivity index (χ2v) is 8.68. The van der Waals surface area contributed by atoms with Gasteiger partial charge in [0.05, 0.1) is 43.1 Å². The van der Waals surface area contributed by atoms with E-state index in [1.807, 2.05) is 6.20 Å². The number of halogens is 2. The van der Waals surface area contributed by atoms with Crippen LogP contribution in [0.1, 0.15) is 42.5 Å². The Balaban J connectivity index is 1.70. The lowest BCUT2D eigenvalue weighted by molar-refractivity contribution is 0.0586. The summed E-state index contributed by atoms with van der Waals surface area (Å²) >= 11 is 5.96. The third-order valence-corrected chi connectivity index (χ3v) is 5.52. The molecular formula is C23H30ClFN4O3. The Hall–Kier alpha value is -2.29. The highest BCUT2D eigenvalue weighted by Crippen LogP contribution is 2.23. The van der Waals surface area contributed by atoms with Crippen molar-refractivity contribution in [1.82, 2.24) is 20.2 Å². The topological polar surface area (TPSA) is 76.6 Å². The number of hydrogen-bond donors (Lipinski definition) is 1. The molecule has 1 atom stereocenters. The molecule has 0 saturated heterocycles. The van der Waals surface area contributed by atoms with Crippen molar-refractivity contribution in [1.29, 1.82) is 0 Å². The van der Waals surface area contributed by atoms with Crippen LogP contribution >= 0.6 is 11.6 Å². The summed E-state index contributed by atoms with van der Waals surface area (Å²) in [5.41, 5.74) is 2.63. The van der Waals surface area contributed by atoms with E-state index in [1.165, 1.54) is 12.1 Å². The molecule has 9 heteroatoms. The molecule has 0 aliphatic carbocycles. The van der Waals surface area contributed by atoms with Gasteiger partial charge in [0.25, 0.3) is 0 Å². The Labute approximate surface area is 193 Å². The number of methoxy groups -OCH3 is 1. The van der Waals surface area contributed by atoms with E-state index in [0.29, 0.717) is 44.2 Å². The highest BCUT2D eigenvalue weighted by Gasteiger charge is 2.25. The van der Waals surface area contributed by atoms with Crippen molar-refractivity contribution < 1.29 is 18.7 Å². The molecule has 0 unspecified atom stereocenters. The van der Waals surface area contributed by atoms with Crippen molar-refractivity contribution in [2.75, 3.05) is 33.5 Å². The van der Waals surface area contributed by atoms with Gasteiger partial charge in [-0.15, -0.1) is 0 Å². The Morgan fingerprint density at radius 3 is 2.88 bits per heavy atom. The predicted octanol–water partition coefficient (Wildman–Crippen LogP) is 3.94. The number of nitrogens with one attached hydrogen (secondary N) is 1. The number of nitrogens with zero attached hydrogens (tertiary/aromatic N) is 3. The second kappa shape index (κ2) is 11.5. The zero-order valence-electron chi connectivity index (χ0n) is 18.7. The van der Waals surface area contributed by atoms with Crippen LogP contribution in [0.2, 0.25) is 5.02 Å². The summed E-state index contributed by atoms with van der Waals surface area (Å²) in [5, 5.41) is 3.00. The quantitative estimate of drug-likeness (QED) is 0.569. The van der Waals surface area contributed by atoms with Gasteiger partial charge in [-0.3, -0.25) is 0 Å². The van der Waals surface area contributed by atoms with Crippen LogP contribution in [0, 0.1) is 11.7 Å².